The number of hydrogen-bond acceptors (Lipinski definition) is 8. The van der Waals surface area contributed by atoms with Crippen LogP contribution in [0.15, 0.2) is 34.2 Å². The second kappa shape index (κ2) is 7.21. The summed E-state index contributed by atoms with van der Waals surface area (Å²) in [4.78, 5) is 21.8. The van der Waals surface area contributed by atoms with Crippen molar-refractivity contribution >= 4 is 37.2 Å². The molecule has 0 N–H and O–H groups in total. The highest BCUT2D eigenvalue weighted by molar-refractivity contribution is 7.91. The lowest BCUT2D eigenvalue weighted by Gasteiger charge is -2.27. The van der Waals surface area contributed by atoms with Gasteiger partial charge >= 0.3 is 0 Å². The summed E-state index contributed by atoms with van der Waals surface area (Å²) in [6, 6.07) is 2.69. The highest BCUT2D eigenvalue weighted by Gasteiger charge is 2.36. The van der Waals surface area contributed by atoms with Gasteiger partial charge in [0.25, 0.3) is 5.91 Å². The highest BCUT2D eigenvalue weighted by atomic mass is 35.5. The van der Waals surface area contributed by atoms with Gasteiger partial charge in [0.1, 0.15) is 5.76 Å². The molecule has 1 aliphatic rings. The molecule has 0 bridgehead atoms. The maximum Gasteiger partial charge on any atom is 0.274 e. The molecule has 146 valence electrons. The quantitative estimate of drug-likeness (QED) is 0.637. The van der Waals surface area contributed by atoms with Crippen molar-refractivity contribution in [3.05, 3.63) is 41.1 Å². The number of halogens is 1. The zero-order valence-electron chi connectivity index (χ0n) is 14.2. The Morgan fingerprint density at radius 2 is 2.19 bits per heavy atom. The molecule has 1 aliphatic heterocycles. The molecule has 9 nitrogen and oxygen atoms in total. The Morgan fingerprint density at radius 1 is 1.44 bits per heavy atom. The molecule has 0 aromatic carbocycles. The van der Waals surface area contributed by atoms with Crippen molar-refractivity contribution in [3.63, 3.8) is 0 Å². The molecule has 1 fully saturated rings. The highest BCUT2D eigenvalue weighted by Crippen LogP contribution is 2.24. The van der Waals surface area contributed by atoms with E-state index in [2.05, 4.69) is 9.97 Å². The van der Waals surface area contributed by atoms with E-state index < -0.39 is 36.8 Å². The van der Waals surface area contributed by atoms with Crippen LogP contribution >= 0.6 is 11.6 Å². The molecule has 3 rings (SSSR count). The van der Waals surface area contributed by atoms with E-state index in [1.54, 1.807) is 12.1 Å². The van der Waals surface area contributed by atoms with Gasteiger partial charge in [-0.2, -0.15) is 0 Å². The van der Waals surface area contributed by atoms with Crippen LogP contribution < -0.4 is 0 Å². The molecule has 0 spiro atoms. The summed E-state index contributed by atoms with van der Waals surface area (Å²) in [6.07, 6.45) is 3.64. The number of amides is 1. The summed E-state index contributed by atoms with van der Waals surface area (Å²) in [7, 11) is -7.02. The summed E-state index contributed by atoms with van der Waals surface area (Å²) in [5, 5.41) is -0.662. The minimum absolute atomic E-state index is 0.000556. The number of sulfone groups is 2. The minimum atomic E-state index is -3.75. The second-order valence-corrected chi connectivity index (χ2v) is 10.7. The van der Waals surface area contributed by atoms with Crippen LogP contribution in [-0.2, 0) is 26.2 Å². The van der Waals surface area contributed by atoms with Gasteiger partial charge in [0.2, 0.25) is 15.0 Å². The predicted octanol–water partition coefficient (Wildman–Crippen LogP) is 0.956. The number of aromatic nitrogens is 2. The van der Waals surface area contributed by atoms with Crippen LogP contribution in [0.5, 0.6) is 0 Å². The van der Waals surface area contributed by atoms with E-state index in [-0.39, 0.29) is 35.2 Å². The van der Waals surface area contributed by atoms with Crippen molar-refractivity contribution in [3.8, 4) is 0 Å². The van der Waals surface area contributed by atoms with E-state index in [0.717, 1.165) is 12.5 Å². The van der Waals surface area contributed by atoms with Gasteiger partial charge < -0.3 is 9.32 Å². The first-order chi connectivity index (χ1) is 12.6. The summed E-state index contributed by atoms with van der Waals surface area (Å²) in [5.74, 6) is -0.473. The van der Waals surface area contributed by atoms with Crippen molar-refractivity contribution < 1.29 is 26.0 Å². The van der Waals surface area contributed by atoms with Gasteiger partial charge in [0, 0.05) is 12.3 Å². The molecule has 1 amide bonds. The number of hydrogen-bond donors (Lipinski definition) is 0. The standard InChI is InChI=1S/C15H16ClN3O6S2/c1-26(21,22)15-17-7-12(16)13(18-15)14(20)19(8-11-3-2-5-25-11)10-4-6-27(23,24)9-10/h2-3,5,7,10H,4,6,8-9H2,1H3/t10-/m1/s1. The molecule has 12 heteroatoms. The third-order valence-corrected chi connectivity index (χ3v) is 6.96. The first kappa shape index (κ1) is 19.8. The monoisotopic (exact) mass is 433 g/mol. The Morgan fingerprint density at radius 3 is 2.74 bits per heavy atom. The summed E-state index contributed by atoms with van der Waals surface area (Å²) in [6.45, 7) is 0.000556. The molecule has 0 saturated carbocycles. The van der Waals surface area contributed by atoms with Gasteiger partial charge in [0.15, 0.2) is 15.5 Å². The number of furan rings is 1. The summed E-state index contributed by atoms with van der Waals surface area (Å²) >= 11 is 6.02. The average molecular weight is 434 g/mol. The molecule has 1 atom stereocenters. The van der Waals surface area contributed by atoms with Crippen LogP contribution in [0.2, 0.25) is 5.02 Å². The SMILES string of the molecule is CS(=O)(=O)c1ncc(Cl)c(C(=O)N(Cc2ccco2)[C@@H]2CCS(=O)(=O)C2)n1. The third kappa shape index (κ3) is 4.47. The number of carbonyl (C=O) groups excluding carboxylic acids is 1. The van der Waals surface area contributed by atoms with Gasteiger partial charge in [-0.25, -0.2) is 26.8 Å². The van der Waals surface area contributed by atoms with Crippen LogP contribution in [0.3, 0.4) is 0 Å². The molecular weight excluding hydrogens is 418 g/mol. The number of carbonyl (C=O) groups is 1. The lowest BCUT2D eigenvalue weighted by Crippen LogP contribution is -2.41. The van der Waals surface area contributed by atoms with Crippen molar-refractivity contribution in [2.75, 3.05) is 17.8 Å². The van der Waals surface area contributed by atoms with Crippen molar-refractivity contribution in [2.24, 2.45) is 0 Å². The zero-order valence-corrected chi connectivity index (χ0v) is 16.6. The third-order valence-electron chi connectivity index (χ3n) is 4.07. The van der Waals surface area contributed by atoms with Gasteiger partial charge in [0.05, 0.1) is 35.5 Å². The fourth-order valence-electron chi connectivity index (χ4n) is 2.77. The second-order valence-electron chi connectivity index (χ2n) is 6.19. The lowest BCUT2D eigenvalue weighted by molar-refractivity contribution is 0.0659. The fourth-order valence-corrected chi connectivity index (χ4v) is 5.18. The van der Waals surface area contributed by atoms with E-state index in [0.29, 0.717) is 5.76 Å². The van der Waals surface area contributed by atoms with E-state index in [4.69, 9.17) is 16.0 Å². The van der Waals surface area contributed by atoms with Gasteiger partial charge in [-0.1, -0.05) is 11.6 Å². The van der Waals surface area contributed by atoms with E-state index in [1.165, 1.54) is 11.2 Å². The minimum Gasteiger partial charge on any atom is -0.467 e. The first-order valence-electron chi connectivity index (χ1n) is 7.83. The Labute approximate surface area is 161 Å². The molecule has 1 saturated heterocycles. The number of nitrogens with zero attached hydrogens (tertiary/aromatic N) is 3. The average Bonchev–Trinajstić information content (AvgIpc) is 3.20. The maximum atomic E-state index is 13.1. The maximum absolute atomic E-state index is 13.1. The molecule has 27 heavy (non-hydrogen) atoms. The zero-order chi connectivity index (χ0) is 19.8. The normalized spacial score (nSPS) is 19.1. The largest absolute Gasteiger partial charge is 0.467 e. The molecule has 2 aromatic rings. The fraction of sp³-hybridized carbons (Fsp3) is 0.400. The Bertz CT molecular complexity index is 1070. The predicted molar refractivity (Wildman–Crippen MR) is 95.8 cm³/mol. The molecule has 0 aliphatic carbocycles. The lowest BCUT2D eigenvalue weighted by atomic mass is 10.2. The van der Waals surface area contributed by atoms with Crippen molar-refractivity contribution in [1.29, 1.82) is 0 Å². The molecular formula is C15H16ClN3O6S2. The molecule has 0 radical (unpaired) electrons. The Balaban J connectivity index is 2.00. The van der Waals surface area contributed by atoms with Crippen LogP contribution in [0.25, 0.3) is 0 Å². The van der Waals surface area contributed by atoms with Crippen LogP contribution in [-0.4, -0.2) is 61.4 Å². The topological polar surface area (TPSA) is 128 Å². The summed E-state index contributed by atoms with van der Waals surface area (Å²) in [5.41, 5.74) is -0.303. The Hall–Kier alpha value is -1.98. The van der Waals surface area contributed by atoms with Gasteiger partial charge in [-0.05, 0) is 18.6 Å². The molecule has 2 aromatic heterocycles. The van der Waals surface area contributed by atoms with Crippen LogP contribution in [0.1, 0.15) is 22.7 Å². The number of rotatable bonds is 5. The van der Waals surface area contributed by atoms with E-state index in [1.807, 2.05) is 0 Å². The van der Waals surface area contributed by atoms with Crippen LogP contribution in [0.4, 0.5) is 0 Å². The van der Waals surface area contributed by atoms with E-state index >= 15 is 0 Å². The summed E-state index contributed by atoms with van der Waals surface area (Å²) < 4.78 is 52.4. The molecule has 0 unspecified atom stereocenters. The van der Waals surface area contributed by atoms with Gasteiger partial charge in [-0.15, -0.1) is 0 Å². The van der Waals surface area contributed by atoms with Crippen molar-refractivity contribution in [2.45, 2.75) is 24.2 Å². The van der Waals surface area contributed by atoms with Gasteiger partial charge in [-0.3, -0.25) is 4.79 Å². The Kier molecular flexibility index (Phi) is 5.28. The van der Waals surface area contributed by atoms with Crippen molar-refractivity contribution in [1.82, 2.24) is 14.9 Å². The van der Waals surface area contributed by atoms with E-state index in [9.17, 15) is 21.6 Å². The smallest absolute Gasteiger partial charge is 0.274 e. The van der Waals surface area contributed by atoms with Crippen LogP contribution in [0, 0.1) is 0 Å². The molecule has 3 heterocycles. The first-order valence-corrected chi connectivity index (χ1v) is 11.9.